The molecular formula is C19H13F3N2O6. The summed E-state index contributed by atoms with van der Waals surface area (Å²) in [6, 6.07) is 6.51. The molecule has 8 nitrogen and oxygen atoms in total. The van der Waals surface area contributed by atoms with Crippen LogP contribution >= 0.6 is 0 Å². The molecule has 3 unspecified atom stereocenters. The molecule has 1 aromatic heterocycles. The molecule has 1 aliphatic heterocycles. The number of ether oxygens (including phenoxy) is 3. The van der Waals surface area contributed by atoms with Gasteiger partial charge in [0.05, 0.1) is 18.4 Å². The third kappa shape index (κ3) is 3.47. The average molecular weight is 422 g/mol. The van der Waals surface area contributed by atoms with Crippen molar-refractivity contribution in [3.8, 4) is 5.75 Å². The molecule has 1 fully saturated rings. The number of pyridine rings is 1. The maximum Gasteiger partial charge on any atom is 0.490 e. The van der Waals surface area contributed by atoms with Gasteiger partial charge in [0.1, 0.15) is 11.6 Å². The highest BCUT2D eigenvalue weighted by molar-refractivity contribution is 6.05. The van der Waals surface area contributed by atoms with Crippen LogP contribution in [0.3, 0.4) is 0 Å². The molecule has 2 aromatic rings. The Bertz CT molecular complexity index is 1100. The molecule has 0 bridgehead atoms. The van der Waals surface area contributed by atoms with Gasteiger partial charge in [-0.2, -0.15) is 13.2 Å². The first kappa shape index (κ1) is 19.8. The first-order chi connectivity index (χ1) is 14.2. The summed E-state index contributed by atoms with van der Waals surface area (Å²) in [6.45, 7) is 0. The van der Waals surface area contributed by atoms with Crippen LogP contribution in [0.25, 0.3) is 10.9 Å². The van der Waals surface area contributed by atoms with Gasteiger partial charge in [-0.05, 0) is 12.1 Å². The molecule has 1 amide bonds. The summed E-state index contributed by atoms with van der Waals surface area (Å²) in [4.78, 5) is 40.2. The van der Waals surface area contributed by atoms with Crippen molar-refractivity contribution in [2.24, 2.45) is 0 Å². The van der Waals surface area contributed by atoms with E-state index in [1.54, 1.807) is 18.2 Å². The second kappa shape index (κ2) is 7.10. The maximum absolute atomic E-state index is 12.8. The third-order valence-electron chi connectivity index (χ3n) is 4.61. The van der Waals surface area contributed by atoms with Crippen molar-refractivity contribution in [3.05, 3.63) is 47.8 Å². The first-order valence-electron chi connectivity index (χ1n) is 8.62. The lowest BCUT2D eigenvalue weighted by atomic mass is 9.99. The second-order valence-electron chi connectivity index (χ2n) is 6.52. The zero-order chi connectivity index (χ0) is 21.6. The lowest BCUT2D eigenvalue weighted by molar-refractivity contribution is -0.204. The number of alkyl halides is 3. The number of nitrogens with zero attached hydrogens (tertiary/aromatic N) is 1. The summed E-state index contributed by atoms with van der Waals surface area (Å²) < 4.78 is 52.6. The molecule has 11 heteroatoms. The molecule has 0 radical (unpaired) electrons. The van der Waals surface area contributed by atoms with Gasteiger partial charge in [-0.15, -0.1) is 0 Å². The predicted molar refractivity (Wildman–Crippen MR) is 93.4 cm³/mol. The van der Waals surface area contributed by atoms with Crippen molar-refractivity contribution in [1.82, 2.24) is 10.3 Å². The standard InChI is InChI=1S/C19H13F3N2O6/c1-28-13-9(5-4-8-3-2-6-23-12(8)13)17(26)24-10-7-11(25)15-16(29-15)14(10)30-18(27)19(20,21)22/h2-7,14-16H,1H3,(H,24,26). The fraction of sp³-hybridized carbons (Fsp3) is 0.263. The van der Waals surface area contributed by atoms with Gasteiger partial charge in [-0.1, -0.05) is 12.1 Å². The Morgan fingerprint density at radius 2 is 2.00 bits per heavy atom. The number of halogens is 3. The van der Waals surface area contributed by atoms with Crippen LogP contribution in [-0.2, 0) is 19.1 Å². The van der Waals surface area contributed by atoms with Gasteiger partial charge in [0.15, 0.2) is 23.7 Å². The van der Waals surface area contributed by atoms with Gasteiger partial charge in [0.2, 0.25) is 0 Å². The SMILES string of the molecule is COc1c(C(=O)NC2=CC(=O)C3OC3C2OC(=O)C(F)(F)F)ccc2cccnc12. The summed E-state index contributed by atoms with van der Waals surface area (Å²) in [6.07, 6.45) is -6.53. The Hall–Kier alpha value is -3.47. The fourth-order valence-electron chi connectivity index (χ4n) is 3.20. The monoisotopic (exact) mass is 422 g/mol. The molecule has 4 rings (SSSR count). The van der Waals surface area contributed by atoms with Gasteiger partial charge >= 0.3 is 12.1 Å². The van der Waals surface area contributed by atoms with E-state index < -0.39 is 42.1 Å². The van der Waals surface area contributed by atoms with Gasteiger partial charge in [0.25, 0.3) is 5.91 Å². The Kier molecular flexibility index (Phi) is 4.69. The van der Waals surface area contributed by atoms with Crippen molar-refractivity contribution in [2.45, 2.75) is 24.5 Å². The molecule has 1 aromatic carbocycles. The smallest absolute Gasteiger partial charge is 0.490 e. The highest BCUT2D eigenvalue weighted by Gasteiger charge is 2.57. The summed E-state index contributed by atoms with van der Waals surface area (Å²) in [5, 5.41) is 3.04. The van der Waals surface area contributed by atoms with E-state index in [9.17, 15) is 27.6 Å². The van der Waals surface area contributed by atoms with Crippen molar-refractivity contribution in [3.63, 3.8) is 0 Å². The van der Waals surface area contributed by atoms with Gasteiger partial charge < -0.3 is 19.5 Å². The lowest BCUT2D eigenvalue weighted by Crippen LogP contribution is -2.42. The van der Waals surface area contributed by atoms with Gasteiger partial charge in [0, 0.05) is 17.7 Å². The van der Waals surface area contributed by atoms with Crippen molar-refractivity contribution in [1.29, 1.82) is 0 Å². The normalized spacial score (nSPS) is 22.7. The lowest BCUT2D eigenvalue weighted by Gasteiger charge is -2.23. The number of aromatic nitrogens is 1. The highest BCUT2D eigenvalue weighted by atomic mass is 19.4. The van der Waals surface area contributed by atoms with Crippen molar-refractivity contribution >= 4 is 28.6 Å². The number of hydrogen-bond acceptors (Lipinski definition) is 7. The second-order valence-corrected chi connectivity index (χ2v) is 6.52. The largest absolute Gasteiger partial charge is 0.494 e. The van der Waals surface area contributed by atoms with Gasteiger partial charge in [-0.3, -0.25) is 14.6 Å². The molecule has 3 atom stereocenters. The van der Waals surface area contributed by atoms with E-state index in [-0.39, 0.29) is 17.0 Å². The van der Waals surface area contributed by atoms with E-state index in [0.29, 0.717) is 10.9 Å². The van der Waals surface area contributed by atoms with Crippen LogP contribution in [0.15, 0.2) is 42.2 Å². The molecule has 0 saturated carbocycles. The van der Waals surface area contributed by atoms with E-state index in [1.165, 1.54) is 19.4 Å². The van der Waals surface area contributed by atoms with Crippen molar-refractivity contribution < 1.29 is 41.8 Å². The van der Waals surface area contributed by atoms with Crippen LogP contribution in [0.2, 0.25) is 0 Å². The summed E-state index contributed by atoms with van der Waals surface area (Å²) in [5.41, 5.74) is 0.105. The molecule has 1 saturated heterocycles. The Morgan fingerprint density at radius 1 is 1.23 bits per heavy atom. The predicted octanol–water partition coefficient (Wildman–Crippen LogP) is 1.68. The number of methoxy groups -OCH3 is 1. The molecular weight excluding hydrogens is 409 g/mol. The number of amides is 1. The van der Waals surface area contributed by atoms with E-state index in [4.69, 9.17) is 9.47 Å². The summed E-state index contributed by atoms with van der Waals surface area (Å²) in [7, 11) is 1.33. The molecule has 0 spiro atoms. The number of fused-ring (bicyclic) bond motifs is 2. The number of rotatable bonds is 4. The van der Waals surface area contributed by atoms with Crippen molar-refractivity contribution in [2.75, 3.05) is 7.11 Å². The number of esters is 1. The minimum Gasteiger partial charge on any atom is -0.494 e. The van der Waals surface area contributed by atoms with Crippen LogP contribution in [0.1, 0.15) is 10.4 Å². The fourth-order valence-corrected chi connectivity index (χ4v) is 3.20. The number of carbonyl (C=O) groups is 3. The summed E-state index contributed by atoms with van der Waals surface area (Å²) in [5.74, 6) is -3.66. The quantitative estimate of drug-likeness (QED) is 0.590. The Balaban J connectivity index is 1.63. The van der Waals surface area contributed by atoms with Crippen LogP contribution in [-0.4, -0.2) is 54.2 Å². The topological polar surface area (TPSA) is 107 Å². The molecule has 2 heterocycles. The van der Waals surface area contributed by atoms with E-state index >= 15 is 0 Å². The zero-order valence-electron chi connectivity index (χ0n) is 15.2. The molecule has 1 N–H and O–H groups in total. The zero-order valence-corrected chi connectivity index (χ0v) is 15.2. The third-order valence-corrected chi connectivity index (χ3v) is 4.61. The number of epoxide rings is 1. The number of nitrogens with one attached hydrogen (secondary N) is 1. The average Bonchev–Trinajstić information content (AvgIpc) is 3.50. The minimum atomic E-state index is -5.24. The van der Waals surface area contributed by atoms with Crippen LogP contribution < -0.4 is 10.1 Å². The Labute approximate surface area is 166 Å². The number of ketones is 1. The number of hydrogen-bond donors (Lipinski definition) is 1. The van der Waals surface area contributed by atoms with Gasteiger partial charge in [-0.25, -0.2) is 4.79 Å². The molecule has 156 valence electrons. The maximum atomic E-state index is 12.8. The van der Waals surface area contributed by atoms with Crippen LogP contribution in [0.4, 0.5) is 13.2 Å². The van der Waals surface area contributed by atoms with E-state index in [1.807, 2.05) is 0 Å². The first-order valence-corrected chi connectivity index (χ1v) is 8.62. The highest BCUT2D eigenvalue weighted by Crippen LogP contribution is 2.37. The molecule has 30 heavy (non-hydrogen) atoms. The summed E-state index contributed by atoms with van der Waals surface area (Å²) >= 11 is 0. The van der Waals surface area contributed by atoms with E-state index in [2.05, 4.69) is 15.0 Å². The molecule has 1 aliphatic carbocycles. The van der Waals surface area contributed by atoms with E-state index in [0.717, 1.165) is 6.08 Å². The number of benzene rings is 1. The minimum absolute atomic E-state index is 0.0248. The Morgan fingerprint density at radius 3 is 2.70 bits per heavy atom. The number of carbonyl (C=O) groups excluding carboxylic acids is 3. The molecule has 2 aliphatic rings. The van der Waals surface area contributed by atoms with Crippen LogP contribution in [0.5, 0.6) is 5.75 Å². The van der Waals surface area contributed by atoms with Crippen LogP contribution in [0, 0.1) is 0 Å².